The van der Waals surface area contributed by atoms with Crippen LogP contribution in [0.2, 0.25) is 0 Å². The molecule has 0 saturated carbocycles. The van der Waals surface area contributed by atoms with E-state index >= 15 is 0 Å². The summed E-state index contributed by atoms with van der Waals surface area (Å²) >= 11 is 0. The molecule has 1 aliphatic rings. The maximum absolute atomic E-state index is 13.3. The number of aliphatic hydroxyl groups excluding tert-OH is 1. The Hall–Kier alpha value is -1.17. The van der Waals surface area contributed by atoms with Gasteiger partial charge in [-0.3, -0.25) is 4.90 Å². The summed E-state index contributed by atoms with van der Waals surface area (Å²) in [6.07, 6.45) is 0. The van der Waals surface area contributed by atoms with Crippen molar-refractivity contribution in [2.75, 3.05) is 44.2 Å². The van der Waals surface area contributed by atoms with Gasteiger partial charge in [0, 0.05) is 44.5 Å². The molecule has 5 heteroatoms. The average molecular weight is 267 g/mol. The first-order chi connectivity index (χ1) is 9.11. The van der Waals surface area contributed by atoms with Gasteiger partial charge >= 0.3 is 0 Å². The molecule has 3 N–H and O–H groups in total. The molecule has 19 heavy (non-hydrogen) atoms. The molecule has 0 bridgehead atoms. The molecule has 0 amide bonds. The topological polar surface area (TPSA) is 52.7 Å². The summed E-state index contributed by atoms with van der Waals surface area (Å²) in [6, 6.07) is 4.65. The molecule has 0 spiro atoms. The second-order valence-corrected chi connectivity index (χ2v) is 5.04. The summed E-state index contributed by atoms with van der Waals surface area (Å²) in [5.74, 6) is -0.241. The fourth-order valence-corrected chi connectivity index (χ4v) is 2.53. The molecule has 1 aromatic carbocycles. The lowest BCUT2D eigenvalue weighted by Crippen LogP contribution is -2.47. The highest BCUT2D eigenvalue weighted by molar-refractivity contribution is 5.55. The third-order valence-electron chi connectivity index (χ3n) is 3.61. The Labute approximate surface area is 113 Å². The normalized spacial score (nSPS) is 18.6. The average Bonchev–Trinajstić information content (AvgIpc) is 2.40. The zero-order chi connectivity index (χ0) is 13.8. The smallest absolute Gasteiger partial charge is 0.123 e. The Morgan fingerprint density at radius 2 is 2.00 bits per heavy atom. The van der Waals surface area contributed by atoms with Gasteiger partial charge in [0.25, 0.3) is 0 Å². The van der Waals surface area contributed by atoms with Gasteiger partial charge in [-0.15, -0.1) is 0 Å². The summed E-state index contributed by atoms with van der Waals surface area (Å²) in [5, 5.41) is 8.94. The first-order valence-electron chi connectivity index (χ1n) is 6.75. The van der Waals surface area contributed by atoms with Crippen molar-refractivity contribution in [3.05, 3.63) is 29.6 Å². The van der Waals surface area contributed by atoms with Crippen LogP contribution in [0.15, 0.2) is 18.2 Å². The molecule has 0 aromatic heterocycles. The van der Waals surface area contributed by atoms with Gasteiger partial charge in [-0.05, 0) is 30.7 Å². The fraction of sp³-hybridized carbons (Fsp3) is 0.571. The number of hydrogen-bond donors (Lipinski definition) is 2. The molecule has 1 heterocycles. The van der Waals surface area contributed by atoms with Gasteiger partial charge in [0.2, 0.25) is 0 Å². The van der Waals surface area contributed by atoms with Gasteiger partial charge in [-0.1, -0.05) is 0 Å². The molecule has 1 saturated heterocycles. The zero-order valence-electron chi connectivity index (χ0n) is 11.3. The predicted octanol–water partition coefficient (Wildman–Crippen LogP) is 0.960. The van der Waals surface area contributed by atoms with Crippen LogP contribution in [0.1, 0.15) is 18.5 Å². The summed E-state index contributed by atoms with van der Waals surface area (Å²) < 4.78 is 13.3. The van der Waals surface area contributed by atoms with E-state index in [0.717, 1.165) is 44.0 Å². The maximum atomic E-state index is 13.3. The van der Waals surface area contributed by atoms with Crippen LogP contribution in [0, 0.1) is 5.82 Å². The molecule has 2 rings (SSSR count). The quantitative estimate of drug-likeness (QED) is 0.853. The van der Waals surface area contributed by atoms with E-state index in [2.05, 4.69) is 9.80 Å². The van der Waals surface area contributed by atoms with Gasteiger partial charge in [0.05, 0.1) is 6.61 Å². The van der Waals surface area contributed by atoms with Crippen LogP contribution in [0.25, 0.3) is 0 Å². The number of halogens is 1. The van der Waals surface area contributed by atoms with Crippen molar-refractivity contribution in [2.24, 2.45) is 5.73 Å². The minimum atomic E-state index is -0.241. The number of benzene rings is 1. The first kappa shape index (κ1) is 14.2. The molecule has 1 atom stereocenters. The molecule has 1 unspecified atom stereocenters. The number of rotatable bonds is 4. The van der Waals surface area contributed by atoms with Crippen LogP contribution in [-0.4, -0.2) is 49.3 Å². The van der Waals surface area contributed by atoms with Gasteiger partial charge in [0.15, 0.2) is 0 Å². The monoisotopic (exact) mass is 267 g/mol. The Morgan fingerprint density at radius 3 is 2.58 bits per heavy atom. The van der Waals surface area contributed by atoms with E-state index in [9.17, 15) is 4.39 Å². The summed E-state index contributed by atoms with van der Waals surface area (Å²) in [4.78, 5) is 4.47. The third kappa shape index (κ3) is 3.43. The van der Waals surface area contributed by atoms with Crippen LogP contribution in [0.3, 0.4) is 0 Å². The van der Waals surface area contributed by atoms with Crippen LogP contribution in [-0.2, 0) is 0 Å². The molecule has 106 valence electrons. The molecule has 0 aliphatic carbocycles. The Morgan fingerprint density at radius 1 is 1.32 bits per heavy atom. The van der Waals surface area contributed by atoms with Crippen molar-refractivity contribution in [2.45, 2.75) is 13.0 Å². The van der Waals surface area contributed by atoms with Crippen molar-refractivity contribution in [1.29, 1.82) is 0 Å². The second-order valence-electron chi connectivity index (χ2n) is 5.04. The van der Waals surface area contributed by atoms with Crippen molar-refractivity contribution < 1.29 is 9.50 Å². The van der Waals surface area contributed by atoms with Crippen LogP contribution in [0.4, 0.5) is 10.1 Å². The van der Waals surface area contributed by atoms with Crippen molar-refractivity contribution in [3.8, 4) is 0 Å². The number of nitrogens with zero attached hydrogens (tertiary/aromatic N) is 2. The van der Waals surface area contributed by atoms with Gasteiger partial charge in [-0.25, -0.2) is 4.39 Å². The summed E-state index contributed by atoms with van der Waals surface area (Å²) in [6.45, 7) is 6.38. The Kier molecular flexibility index (Phi) is 4.74. The number of anilines is 1. The lowest BCUT2D eigenvalue weighted by Gasteiger charge is -2.37. The molecule has 1 aliphatic heterocycles. The van der Waals surface area contributed by atoms with E-state index in [1.165, 1.54) is 12.1 Å². The number of piperazine rings is 1. The van der Waals surface area contributed by atoms with E-state index in [1.54, 1.807) is 0 Å². The van der Waals surface area contributed by atoms with Crippen molar-refractivity contribution in [1.82, 2.24) is 4.90 Å². The van der Waals surface area contributed by atoms with Crippen LogP contribution >= 0.6 is 0 Å². The number of hydrogen-bond acceptors (Lipinski definition) is 4. The first-order valence-corrected chi connectivity index (χ1v) is 6.75. The highest BCUT2D eigenvalue weighted by atomic mass is 19.1. The van der Waals surface area contributed by atoms with E-state index in [0.29, 0.717) is 0 Å². The maximum Gasteiger partial charge on any atom is 0.123 e. The zero-order valence-corrected chi connectivity index (χ0v) is 11.3. The number of aliphatic hydroxyl groups is 1. The lowest BCUT2D eigenvalue weighted by molar-refractivity contribution is 0.188. The summed E-state index contributed by atoms with van der Waals surface area (Å²) in [7, 11) is 0. The van der Waals surface area contributed by atoms with Gasteiger partial charge in [0.1, 0.15) is 5.82 Å². The standard InChI is InChI=1S/C14H22FN3O/c1-11(16)13-10-12(15)2-3-14(13)18-6-4-17(5-7-18)8-9-19/h2-3,10-11,19H,4-9,16H2,1H3. The fourth-order valence-electron chi connectivity index (χ4n) is 2.53. The largest absolute Gasteiger partial charge is 0.395 e. The summed E-state index contributed by atoms with van der Waals surface area (Å²) in [5.41, 5.74) is 7.81. The highest BCUT2D eigenvalue weighted by Gasteiger charge is 2.20. The third-order valence-corrected chi connectivity index (χ3v) is 3.61. The molecule has 4 nitrogen and oxygen atoms in total. The second kappa shape index (κ2) is 6.32. The Bertz CT molecular complexity index is 417. The van der Waals surface area contributed by atoms with Gasteiger partial charge < -0.3 is 15.7 Å². The van der Waals surface area contributed by atoms with Crippen LogP contribution in [0.5, 0.6) is 0 Å². The predicted molar refractivity (Wildman–Crippen MR) is 74.7 cm³/mol. The van der Waals surface area contributed by atoms with E-state index in [-0.39, 0.29) is 18.5 Å². The number of nitrogens with two attached hydrogens (primary N) is 1. The minimum absolute atomic E-state index is 0.179. The SMILES string of the molecule is CC(N)c1cc(F)ccc1N1CCN(CCO)CC1. The van der Waals surface area contributed by atoms with Crippen molar-refractivity contribution >= 4 is 5.69 Å². The molecule has 0 radical (unpaired) electrons. The van der Waals surface area contributed by atoms with E-state index in [1.807, 2.05) is 13.0 Å². The molecular weight excluding hydrogens is 245 g/mol. The minimum Gasteiger partial charge on any atom is -0.395 e. The molecule has 1 fully saturated rings. The van der Waals surface area contributed by atoms with Gasteiger partial charge in [-0.2, -0.15) is 0 Å². The Balaban J connectivity index is 2.11. The number of β-amino-alcohol motifs (C(OH)–C–C–N with tert-alkyl or cyclic N) is 1. The van der Waals surface area contributed by atoms with E-state index < -0.39 is 0 Å². The van der Waals surface area contributed by atoms with Crippen molar-refractivity contribution in [3.63, 3.8) is 0 Å². The molecule has 1 aromatic rings. The lowest BCUT2D eigenvalue weighted by atomic mass is 10.0. The molecular formula is C14H22FN3O. The highest BCUT2D eigenvalue weighted by Crippen LogP contribution is 2.27. The van der Waals surface area contributed by atoms with Crippen LogP contribution < -0.4 is 10.6 Å². The van der Waals surface area contributed by atoms with E-state index in [4.69, 9.17) is 10.8 Å².